The van der Waals surface area contributed by atoms with Crippen LogP contribution in [0.2, 0.25) is 0 Å². The maximum atomic E-state index is 6.23. The summed E-state index contributed by atoms with van der Waals surface area (Å²) in [5, 5.41) is 0. The van der Waals surface area contributed by atoms with E-state index in [-0.39, 0.29) is 17.6 Å². The highest BCUT2D eigenvalue weighted by Crippen LogP contribution is 2.38. The lowest BCUT2D eigenvalue weighted by molar-refractivity contribution is 0.112. The van der Waals surface area contributed by atoms with Crippen molar-refractivity contribution in [2.75, 3.05) is 7.11 Å². The molecule has 0 saturated carbocycles. The van der Waals surface area contributed by atoms with Crippen LogP contribution in [0.5, 0.6) is 11.5 Å². The third kappa shape index (κ3) is 2.96. The summed E-state index contributed by atoms with van der Waals surface area (Å²) in [6, 6.07) is 5.94. The van der Waals surface area contributed by atoms with Crippen LogP contribution in [-0.4, -0.2) is 13.2 Å². The highest BCUT2D eigenvalue weighted by molar-refractivity contribution is 5.43. The standard InChI is InChI=1S/C15H23NO2/c1-15(2,3)9-11-7-13(16)12-6-5-10(17-4)8-14(12)18-11/h5-6,8,11,13H,7,9,16H2,1-4H3/t11?,13-/m0/s1. The van der Waals surface area contributed by atoms with Gasteiger partial charge in [0.2, 0.25) is 0 Å². The Kier molecular flexibility index (Phi) is 3.53. The van der Waals surface area contributed by atoms with E-state index < -0.39 is 0 Å². The first-order valence-corrected chi connectivity index (χ1v) is 6.49. The zero-order valence-electron chi connectivity index (χ0n) is 11.7. The molecule has 3 heteroatoms. The van der Waals surface area contributed by atoms with Crippen LogP contribution in [-0.2, 0) is 0 Å². The van der Waals surface area contributed by atoms with Crippen molar-refractivity contribution in [1.29, 1.82) is 0 Å². The van der Waals surface area contributed by atoms with Gasteiger partial charge in [-0.1, -0.05) is 26.8 Å². The topological polar surface area (TPSA) is 44.5 Å². The second-order valence-electron chi connectivity index (χ2n) is 6.25. The lowest BCUT2D eigenvalue weighted by Gasteiger charge is -2.34. The van der Waals surface area contributed by atoms with Crippen molar-refractivity contribution in [2.45, 2.75) is 45.8 Å². The summed E-state index contributed by atoms with van der Waals surface area (Å²) >= 11 is 0. The molecule has 1 heterocycles. The Labute approximate surface area is 109 Å². The van der Waals surface area contributed by atoms with Crippen LogP contribution in [0.4, 0.5) is 0 Å². The Morgan fingerprint density at radius 3 is 2.72 bits per heavy atom. The SMILES string of the molecule is COc1ccc2c(c1)OC(CC(C)(C)C)C[C@@H]2N. The van der Waals surface area contributed by atoms with Crippen LogP contribution in [0, 0.1) is 5.41 Å². The van der Waals surface area contributed by atoms with Gasteiger partial charge >= 0.3 is 0 Å². The van der Waals surface area contributed by atoms with E-state index in [1.807, 2.05) is 18.2 Å². The van der Waals surface area contributed by atoms with Gasteiger partial charge in [0.15, 0.2) is 0 Å². The van der Waals surface area contributed by atoms with Crippen molar-refractivity contribution in [1.82, 2.24) is 0 Å². The molecule has 1 aliphatic heterocycles. The Morgan fingerprint density at radius 1 is 1.39 bits per heavy atom. The van der Waals surface area contributed by atoms with Crippen molar-refractivity contribution < 1.29 is 9.47 Å². The van der Waals surface area contributed by atoms with Gasteiger partial charge in [0.1, 0.15) is 17.6 Å². The van der Waals surface area contributed by atoms with Gasteiger partial charge in [-0.3, -0.25) is 0 Å². The third-order valence-electron chi connectivity index (χ3n) is 3.27. The van der Waals surface area contributed by atoms with E-state index in [1.54, 1.807) is 7.11 Å². The summed E-state index contributed by atoms with van der Waals surface area (Å²) in [7, 11) is 1.66. The second kappa shape index (κ2) is 4.81. The summed E-state index contributed by atoms with van der Waals surface area (Å²) in [6.07, 6.45) is 2.09. The number of rotatable bonds is 2. The molecule has 1 aromatic rings. The quantitative estimate of drug-likeness (QED) is 0.874. The fraction of sp³-hybridized carbons (Fsp3) is 0.600. The molecular weight excluding hydrogens is 226 g/mol. The van der Waals surface area contributed by atoms with Crippen molar-refractivity contribution in [3.05, 3.63) is 23.8 Å². The average Bonchev–Trinajstić information content (AvgIpc) is 2.25. The van der Waals surface area contributed by atoms with Crippen molar-refractivity contribution in [3.8, 4) is 11.5 Å². The van der Waals surface area contributed by atoms with Gasteiger partial charge in [-0.2, -0.15) is 0 Å². The lowest BCUT2D eigenvalue weighted by atomic mass is 9.85. The normalized spacial score (nSPS) is 23.2. The van der Waals surface area contributed by atoms with Gasteiger partial charge in [-0.05, 0) is 17.9 Å². The van der Waals surface area contributed by atoms with Gasteiger partial charge < -0.3 is 15.2 Å². The average molecular weight is 249 g/mol. The molecule has 0 fully saturated rings. The molecule has 3 nitrogen and oxygen atoms in total. The van der Waals surface area contributed by atoms with E-state index in [2.05, 4.69) is 20.8 Å². The molecule has 100 valence electrons. The molecule has 0 aromatic heterocycles. The first-order valence-electron chi connectivity index (χ1n) is 6.49. The molecule has 0 radical (unpaired) electrons. The van der Waals surface area contributed by atoms with Gasteiger partial charge in [0, 0.05) is 24.1 Å². The molecule has 0 spiro atoms. The number of fused-ring (bicyclic) bond motifs is 1. The van der Waals surface area contributed by atoms with Gasteiger partial charge in [-0.25, -0.2) is 0 Å². The maximum absolute atomic E-state index is 6.23. The minimum Gasteiger partial charge on any atom is -0.497 e. The first-order chi connectivity index (χ1) is 8.39. The first kappa shape index (κ1) is 13.2. The molecule has 1 aromatic carbocycles. The van der Waals surface area contributed by atoms with Gasteiger partial charge in [0.25, 0.3) is 0 Å². The number of methoxy groups -OCH3 is 1. The van der Waals surface area contributed by atoms with Crippen molar-refractivity contribution >= 4 is 0 Å². The van der Waals surface area contributed by atoms with Crippen LogP contribution in [0.25, 0.3) is 0 Å². The Hall–Kier alpha value is -1.22. The molecule has 18 heavy (non-hydrogen) atoms. The number of hydrogen-bond acceptors (Lipinski definition) is 3. The largest absolute Gasteiger partial charge is 0.497 e. The fourth-order valence-electron chi connectivity index (χ4n) is 2.50. The minimum absolute atomic E-state index is 0.0620. The summed E-state index contributed by atoms with van der Waals surface area (Å²) in [5.41, 5.74) is 7.56. The number of hydrogen-bond donors (Lipinski definition) is 1. The molecule has 0 bridgehead atoms. The van der Waals surface area contributed by atoms with Crippen molar-refractivity contribution in [2.24, 2.45) is 11.1 Å². The van der Waals surface area contributed by atoms with Crippen LogP contribution < -0.4 is 15.2 Å². The molecule has 2 atom stereocenters. The second-order valence-corrected chi connectivity index (χ2v) is 6.25. The number of ether oxygens (including phenoxy) is 2. The Bertz CT molecular complexity index is 423. The van der Waals surface area contributed by atoms with E-state index in [4.69, 9.17) is 15.2 Å². The zero-order valence-corrected chi connectivity index (χ0v) is 11.7. The van der Waals surface area contributed by atoms with E-state index in [9.17, 15) is 0 Å². The number of benzene rings is 1. The summed E-state index contributed by atoms with van der Waals surface area (Å²) in [6.45, 7) is 6.68. The Morgan fingerprint density at radius 2 is 2.11 bits per heavy atom. The molecule has 0 aliphatic carbocycles. The summed E-state index contributed by atoms with van der Waals surface area (Å²) < 4.78 is 11.3. The van der Waals surface area contributed by atoms with E-state index >= 15 is 0 Å². The molecule has 0 amide bonds. The van der Waals surface area contributed by atoms with Crippen LogP contribution in [0.3, 0.4) is 0 Å². The third-order valence-corrected chi connectivity index (χ3v) is 3.27. The van der Waals surface area contributed by atoms with E-state index in [0.717, 1.165) is 29.9 Å². The van der Waals surface area contributed by atoms with E-state index in [0.29, 0.717) is 0 Å². The summed E-state index contributed by atoms with van der Waals surface area (Å²) in [5.74, 6) is 1.69. The zero-order chi connectivity index (χ0) is 13.3. The van der Waals surface area contributed by atoms with Crippen LogP contribution in [0.1, 0.15) is 45.2 Å². The van der Waals surface area contributed by atoms with Gasteiger partial charge in [0.05, 0.1) is 7.11 Å². The van der Waals surface area contributed by atoms with E-state index in [1.165, 1.54) is 0 Å². The predicted octanol–water partition coefficient (Wildman–Crippen LogP) is 3.28. The summed E-state index contributed by atoms with van der Waals surface area (Å²) in [4.78, 5) is 0. The molecule has 2 rings (SSSR count). The van der Waals surface area contributed by atoms with Crippen molar-refractivity contribution in [3.63, 3.8) is 0 Å². The predicted molar refractivity (Wildman–Crippen MR) is 73.0 cm³/mol. The maximum Gasteiger partial charge on any atom is 0.128 e. The molecule has 2 N–H and O–H groups in total. The number of nitrogens with two attached hydrogens (primary N) is 1. The fourth-order valence-corrected chi connectivity index (χ4v) is 2.50. The highest BCUT2D eigenvalue weighted by Gasteiger charge is 2.29. The van der Waals surface area contributed by atoms with Gasteiger partial charge in [-0.15, -0.1) is 0 Å². The lowest BCUT2D eigenvalue weighted by Crippen LogP contribution is -2.32. The monoisotopic (exact) mass is 249 g/mol. The molecule has 1 unspecified atom stereocenters. The molecular formula is C15H23NO2. The highest BCUT2D eigenvalue weighted by atomic mass is 16.5. The smallest absolute Gasteiger partial charge is 0.128 e. The van der Waals surface area contributed by atoms with Crippen LogP contribution in [0.15, 0.2) is 18.2 Å². The molecule has 0 saturated heterocycles. The van der Waals surface area contributed by atoms with Crippen LogP contribution >= 0.6 is 0 Å². The Balaban J connectivity index is 2.21. The minimum atomic E-state index is 0.0620. The molecule has 1 aliphatic rings.